The van der Waals surface area contributed by atoms with E-state index in [0.29, 0.717) is 5.69 Å². The van der Waals surface area contributed by atoms with E-state index >= 15 is 0 Å². The third-order valence-electron chi connectivity index (χ3n) is 3.44. The van der Waals surface area contributed by atoms with Gasteiger partial charge in [-0.2, -0.15) is 8.78 Å². The second kappa shape index (κ2) is 5.36. The van der Waals surface area contributed by atoms with E-state index in [2.05, 4.69) is 4.98 Å². The number of ketones is 1. The predicted molar refractivity (Wildman–Crippen MR) is 77.3 cm³/mol. The van der Waals surface area contributed by atoms with Crippen molar-refractivity contribution in [2.75, 3.05) is 11.4 Å². The molecule has 6 heteroatoms. The van der Waals surface area contributed by atoms with Gasteiger partial charge in [-0.05, 0) is 30.7 Å². The Morgan fingerprint density at radius 2 is 2.18 bits per heavy atom. The molecule has 2 heterocycles. The number of nitrogens with zero attached hydrogens (tertiary/aromatic N) is 2. The van der Waals surface area contributed by atoms with E-state index in [4.69, 9.17) is 4.74 Å². The number of halogens is 2. The predicted octanol–water partition coefficient (Wildman–Crippen LogP) is 3.28. The van der Waals surface area contributed by atoms with Crippen LogP contribution in [0.3, 0.4) is 0 Å². The van der Waals surface area contributed by atoms with Crippen LogP contribution >= 0.6 is 0 Å². The van der Waals surface area contributed by atoms with Crippen molar-refractivity contribution in [2.45, 2.75) is 19.6 Å². The highest BCUT2D eigenvalue weighted by Crippen LogP contribution is 2.41. The molecule has 0 amide bonds. The summed E-state index contributed by atoms with van der Waals surface area (Å²) in [7, 11) is 0. The van der Waals surface area contributed by atoms with Gasteiger partial charge in [0.25, 0.3) is 0 Å². The summed E-state index contributed by atoms with van der Waals surface area (Å²) in [4.78, 5) is 17.1. The molecule has 114 valence electrons. The van der Waals surface area contributed by atoms with Crippen LogP contribution in [0.2, 0.25) is 0 Å². The van der Waals surface area contributed by atoms with Crippen molar-refractivity contribution in [3.8, 4) is 5.75 Å². The van der Waals surface area contributed by atoms with Crippen molar-refractivity contribution >= 4 is 11.5 Å². The molecule has 1 aliphatic heterocycles. The Balaban J connectivity index is 2.03. The summed E-state index contributed by atoms with van der Waals surface area (Å²) >= 11 is 0. The quantitative estimate of drug-likeness (QED) is 0.816. The number of alkyl halides is 2. The lowest BCUT2D eigenvalue weighted by Crippen LogP contribution is -2.45. The first-order valence-corrected chi connectivity index (χ1v) is 6.81. The van der Waals surface area contributed by atoms with Crippen LogP contribution in [0.25, 0.3) is 0 Å². The molecule has 0 bridgehead atoms. The number of ether oxygens (including phenoxy) is 1. The average Bonchev–Trinajstić information content (AvgIpc) is 2.46. The van der Waals surface area contributed by atoms with Gasteiger partial charge in [-0.3, -0.25) is 9.78 Å². The van der Waals surface area contributed by atoms with E-state index in [1.165, 1.54) is 17.9 Å². The number of para-hydroxylation sites is 1. The van der Waals surface area contributed by atoms with Gasteiger partial charge in [-0.15, -0.1) is 0 Å². The molecule has 0 saturated heterocycles. The monoisotopic (exact) mass is 304 g/mol. The largest absolute Gasteiger partial charge is 0.428 e. The van der Waals surface area contributed by atoms with E-state index in [-0.39, 0.29) is 23.6 Å². The number of pyridine rings is 1. The van der Waals surface area contributed by atoms with Crippen LogP contribution in [0, 0.1) is 0 Å². The molecule has 0 N–H and O–H groups in total. The Kier molecular flexibility index (Phi) is 3.52. The topological polar surface area (TPSA) is 42.4 Å². The molecule has 0 saturated carbocycles. The molecular formula is C16H14F2N2O2. The van der Waals surface area contributed by atoms with Crippen molar-refractivity contribution in [1.29, 1.82) is 0 Å². The minimum Gasteiger partial charge on any atom is -0.428 e. The fraction of sp³-hybridized carbons (Fsp3) is 0.250. The summed E-state index contributed by atoms with van der Waals surface area (Å²) in [6.45, 7) is 1.02. The van der Waals surface area contributed by atoms with E-state index in [0.717, 1.165) is 5.56 Å². The van der Waals surface area contributed by atoms with Gasteiger partial charge in [-0.1, -0.05) is 12.1 Å². The summed E-state index contributed by atoms with van der Waals surface area (Å²) in [6.07, 6.45) is -0.0952. The van der Waals surface area contributed by atoms with E-state index in [1.807, 2.05) is 6.07 Å². The fourth-order valence-corrected chi connectivity index (χ4v) is 2.50. The summed E-state index contributed by atoms with van der Waals surface area (Å²) in [6, 6.07) is 8.40. The minimum absolute atomic E-state index is 0.0601. The van der Waals surface area contributed by atoms with Crippen LogP contribution in [-0.4, -0.2) is 23.4 Å². The zero-order chi connectivity index (χ0) is 15.7. The van der Waals surface area contributed by atoms with Crippen molar-refractivity contribution in [3.63, 3.8) is 0 Å². The van der Waals surface area contributed by atoms with Crippen LogP contribution in [0.5, 0.6) is 5.75 Å². The zero-order valence-corrected chi connectivity index (χ0v) is 11.9. The Hall–Kier alpha value is -2.50. The van der Waals surface area contributed by atoms with Gasteiger partial charge >= 0.3 is 6.11 Å². The fourth-order valence-electron chi connectivity index (χ4n) is 2.50. The number of Topliss-reactive ketones (excluding diaryl/α,β-unsaturated/α-hetero) is 1. The van der Waals surface area contributed by atoms with E-state index < -0.39 is 12.7 Å². The number of hydrogen-bond donors (Lipinski definition) is 0. The Morgan fingerprint density at radius 3 is 2.86 bits per heavy atom. The zero-order valence-electron chi connectivity index (χ0n) is 11.9. The van der Waals surface area contributed by atoms with Gasteiger partial charge in [0, 0.05) is 18.9 Å². The second-order valence-corrected chi connectivity index (χ2v) is 5.17. The molecule has 0 unspecified atom stereocenters. The highest BCUT2D eigenvalue weighted by molar-refractivity contribution is 5.99. The third-order valence-corrected chi connectivity index (χ3v) is 3.44. The maximum atomic E-state index is 13.9. The van der Waals surface area contributed by atoms with Crippen molar-refractivity contribution < 1.29 is 18.3 Å². The minimum atomic E-state index is -3.35. The molecule has 1 aliphatic rings. The molecular weight excluding hydrogens is 290 g/mol. The van der Waals surface area contributed by atoms with Crippen molar-refractivity contribution in [3.05, 3.63) is 53.9 Å². The van der Waals surface area contributed by atoms with Crippen LogP contribution < -0.4 is 9.64 Å². The van der Waals surface area contributed by atoms with Crippen LogP contribution in [0.15, 0.2) is 42.7 Å². The lowest BCUT2D eigenvalue weighted by Gasteiger charge is -2.36. The molecule has 0 atom stereocenters. The molecule has 0 aliphatic carbocycles. The van der Waals surface area contributed by atoms with Crippen molar-refractivity contribution in [1.82, 2.24) is 4.98 Å². The Labute approximate surface area is 126 Å². The highest BCUT2D eigenvalue weighted by Gasteiger charge is 2.41. The van der Waals surface area contributed by atoms with Crippen LogP contribution in [0.1, 0.15) is 22.8 Å². The van der Waals surface area contributed by atoms with Gasteiger partial charge in [0.2, 0.25) is 0 Å². The maximum absolute atomic E-state index is 13.9. The number of benzene rings is 1. The van der Waals surface area contributed by atoms with Crippen LogP contribution in [-0.2, 0) is 6.54 Å². The molecule has 22 heavy (non-hydrogen) atoms. The summed E-state index contributed by atoms with van der Waals surface area (Å²) in [5.74, 6) is -0.369. The number of rotatable bonds is 3. The maximum Gasteiger partial charge on any atom is 0.415 e. The SMILES string of the molecule is CC(=O)c1cccc2c1OC(F)(F)CN2Cc1cccnc1. The molecule has 4 nitrogen and oxygen atoms in total. The number of carbonyl (C=O) groups excluding carboxylic acids is 1. The normalized spacial score (nSPS) is 15.9. The first kappa shape index (κ1) is 14.4. The summed E-state index contributed by atoms with van der Waals surface area (Å²) in [5.41, 5.74) is 1.45. The lowest BCUT2D eigenvalue weighted by molar-refractivity contribution is -0.172. The molecule has 0 radical (unpaired) electrons. The number of aromatic nitrogens is 1. The van der Waals surface area contributed by atoms with Gasteiger partial charge < -0.3 is 9.64 Å². The first-order chi connectivity index (χ1) is 10.5. The lowest BCUT2D eigenvalue weighted by atomic mass is 10.1. The number of anilines is 1. The number of hydrogen-bond acceptors (Lipinski definition) is 4. The molecule has 3 rings (SSSR count). The summed E-state index contributed by atoms with van der Waals surface area (Å²) in [5, 5.41) is 0. The van der Waals surface area contributed by atoms with Gasteiger partial charge in [0.1, 0.15) is 6.54 Å². The third kappa shape index (κ3) is 2.77. The molecule has 1 aromatic heterocycles. The Bertz CT molecular complexity index is 705. The highest BCUT2D eigenvalue weighted by atomic mass is 19.3. The van der Waals surface area contributed by atoms with Gasteiger partial charge in [0.15, 0.2) is 11.5 Å². The van der Waals surface area contributed by atoms with Gasteiger partial charge in [-0.25, -0.2) is 0 Å². The van der Waals surface area contributed by atoms with E-state index in [1.54, 1.807) is 30.6 Å². The van der Waals surface area contributed by atoms with E-state index in [9.17, 15) is 13.6 Å². The van der Waals surface area contributed by atoms with Crippen molar-refractivity contribution in [2.24, 2.45) is 0 Å². The molecule has 0 spiro atoms. The smallest absolute Gasteiger partial charge is 0.415 e. The summed E-state index contributed by atoms with van der Waals surface area (Å²) < 4.78 is 32.5. The van der Waals surface area contributed by atoms with Gasteiger partial charge in [0.05, 0.1) is 11.3 Å². The standard InChI is InChI=1S/C16H14F2N2O2/c1-11(21)13-5-2-6-14-15(13)22-16(17,18)10-20(14)9-12-4-3-7-19-8-12/h2-8H,9-10H2,1H3. The molecule has 1 aromatic carbocycles. The first-order valence-electron chi connectivity index (χ1n) is 6.81. The molecule has 2 aromatic rings. The Morgan fingerprint density at radius 1 is 1.36 bits per heavy atom. The van der Waals surface area contributed by atoms with Crippen LogP contribution in [0.4, 0.5) is 14.5 Å². The average molecular weight is 304 g/mol. The molecule has 0 fully saturated rings. The number of fused-ring (bicyclic) bond motifs is 1. The number of carbonyl (C=O) groups is 1. The second-order valence-electron chi connectivity index (χ2n) is 5.17.